The standard InChI is InChI=1S/C32H40F2N2O4/c1-32(2,3)40-30(38)19-23-10-5-6-13-29(23)39-21-22-16-24(18-25(17-22)36-14-7-4-8-15-37)26-11-9-12-27(31(26)34)28(35)20-33/h5-6,9-13,16-18,28,36-37H,4,7-8,14-15,19-21,35H2,1-3H3. The van der Waals surface area contributed by atoms with E-state index >= 15 is 4.39 Å². The second kappa shape index (κ2) is 14.8. The van der Waals surface area contributed by atoms with Gasteiger partial charge in [-0.2, -0.15) is 0 Å². The van der Waals surface area contributed by atoms with Gasteiger partial charge in [-0.25, -0.2) is 8.78 Å². The zero-order valence-corrected chi connectivity index (χ0v) is 23.5. The Morgan fingerprint density at radius 3 is 2.55 bits per heavy atom. The SMILES string of the molecule is CC(C)(C)OC(=O)Cc1ccccc1OCc1cc(NCCCCCO)cc(-c2cccc(C(N)CF)c2F)c1. The average molecular weight is 555 g/mol. The van der Waals surface area contributed by atoms with Crippen LogP contribution in [0.1, 0.15) is 62.8 Å². The number of para-hydroxylation sites is 1. The Labute approximate surface area is 235 Å². The predicted octanol–water partition coefficient (Wildman–Crippen LogP) is 6.50. The van der Waals surface area contributed by atoms with E-state index < -0.39 is 24.1 Å². The zero-order chi connectivity index (χ0) is 29.1. The lowest BCUT2D eigenvalue weighted by atomic mass is 9.97. The Kier molecular flexibility index (Phi) is 11.5. The van der Waals surface area contributed by atoms with Gasteiger partial charge in [-0.1, -0.05) is 36.4 Å². The molecule has 0 fully saturated rings. The third kappa shape index (κ3) is 9.31. The van der Waals surface area contributed by atoms with E-state index in [0.29, 0.717) is 29.0 Å². The summed E-state index contributed by atoms with van der Waals surface area (Å²) in [6.45, 7) is 5.61. The molecule has 40 heavy (non-hydrogen) atoms. The van der Waals surface area contributed by atoms with Crippen LogP contribution in [0, 0.1) is 5.82 Å². The van der Waals surface area contributed by atoms with E-state index in [1.165, 1.54) is 6.07 Å². The molecule has 0 aromatic heterocycles. The third-order valence-corrected chi connectivity index (χ3v) is 6.18. The molecule has 0 aliphatic heterocycles. The van der Waals surface area contributed by atoms with E-state index in [-0.39, 0.29) is 31.2 Å². The first kappa shape index (κ1) is 31.0. The average Bonchev–Trinajstić information content (AvgIpc) is 2.91. The Bertz CT molecular complexity index is 1260. The fourth-order valence-electron chi connectivity index (χ4n) is 4.31. The van der Waals surface area contributed by atoms with Gasteiger partial charge in [0.1, 0.15) is 30.4 Å². The van der Waals surface area contributed by atoms with Crippen molar-refractivity contribution in [2.24, 2.45) is 5.73 Å². The van der Waals surface area contributed by atoms with Crippen molar-refractivity contribution in [3.8, 4) is 16.9 Å². The van der Waals surface area contributed by atoms with Crippen LogP contribution in [0.3, 0.4) is 0 Å². The highest BCUT2D eigenvalue weighted by Crippen LogP contribution is 2.31. The molecule has 8 heteroatoms. The molecule has 0 amide bonds. The summed E-state index contributed by atoms with van der Waals surface area (Å²) < 4.78 is 40.3. The highest BCUT2D eigenvalue weighted by Gasteiger charge is 2.19. The van der Waals surface area contributed by atoms with Crippen LogP contribution in [0.2, 0.25) is 0 Å². The molecule has 3 aromatic carbocycles. The Balaban J connectivity index is 1.87. The third-order valence-electron chi connectivity index (χ3n) is 6.18. The van der Waals surface area contributed by atoms with Gasteiger partial charge in [-0.3, -0.25) is 4.79 Å². The Morgan fingerprint density at radius 1 is 1.05 bits per heavy atom. The number of carbonyl (C=O) groups is 1. The molecule has 0 heterocycles. The van der Waals surface area contributed by atoms with E-state index in [1.54, 1.807) is 18.2 Å². The number of esters is 1. The molecule has 0 radical (unpaired) electrons. The molecule has 4 N–H and O–H groups in total. The monoisotopic (exact) mass is 554 g/mol. The number of nitrogens with one attached hydrogen (secondary N) is 1. The fourth-order valence-corrected chi connectivity index (χ4v) is 4.31. The number of aliphatic hydroxyl groups excluding tert-OH is 1. The van der Waals surface area contributed by atoms with Crippen LogP contribution in [0.25, 0.3) is 11.1 Å². The lowest BCUT2D eigenvalue weighted by Gasteiger charge is -2.20. The number of benzene rings is 3. The molecule has 216 valence electrons. The summed E-state index contributed by atoms with van der Waals surface area (Å²) in [5.74, 6) is -0.346. The van der Waals surface area contributed by atoms with Gasteiger partial charge in [0, 0.05) is 35.5 Å². The molecule has 0 aliphatic carbocycles. The van der Waals surface area contributed by atoms with Crippen LogP contribution in [-0.4, -0.2) is 36.5 Å². The van der Waals surface area contributed by atoms with Gasteiger partial charge in [0.15, 0.2) is 0 Å². The van der Waals surface area contributed by atoms with Crippen LogP contribution < -0.4 is 15.8 Å². The minimum absolute atomic E-state index is 0.0704. The molecular weight excluding hydrogens is 514 g/mol. The minimum Gasteiger partial charge on any atom is -0.489 e. The summed E-state index contributed by atoms with van der Waals surface area (Å²) in [5.41, 5.74) is 8.52. The van der Waals surface area contributed by atoms with E-state index in [9.17, 15) is 9.18 Å². The normalized spacial score (nSPS) is 12.2. The van der Waals surface area contributed by atoms with Gasteiger partial charge in [0.2, 0.25) is 0 Å². The summed E-state index contributed by atoms with van der Waals surface area (Å²) in [6.07, 6.45) is 2.55. The summed E-state index contributed by atoms with van der Waals surface area (Å²) in [6, 6.07) is 16.7. The number of unbranched alkanes of at least 4 members (excludes halogenated alkanes) is 2. The number of ether oxygens (including phenoxy) is 2. The van der Waals surface area contributed by atoms with Crippen molar-refractivity contribution in [1.29, 1.82) is 0 Å². The molecule has 1 unspecified atom stereocenters. The number of hydrogen-bond donors (Lipinski definition) is 3. The molecule has 0 saturated carbocycles. The maximum atomic E-state index is 15.4. The van der Waals surface area contributed by atoms with Crippen molar-refractivity contribution < 1.29 is 28.2 Å². The number of halogens is 2. The van der Waals surface area contributed by atoms with E-state index in [4.69, 9.17) is 20.3 Å². The van der Waals surface area contributed by atoms with Gasteiger partial charge in [-0.05, 0) is 75.4 Å². The summed E-state index contributed by atoms with van der Waals surface area (Å²) >= 11 is 0. The lowest BCUT2D eigenvalue weighted by molar-refractivity contribution is -0.153. The van der Waals surface area contributed by atoms with Crippen molar-refractivity contribution in [1.82, 2.24) is 0 Å². The second-order valence-electron chi connectivity index (χ2n) is 10.8. The Hall–Kier alpha value is -3.49. The Morgan fingerprint density at radius 2 is 1.82 bits per heavy atom. The first-order valence-corrected chi connectivity index (χ1v) is 13.6. The molecule has 3 aromatic rings. The van der Waals surface area contributed by atoms with Crippen LogP contribution in [0.15, 0.2) is 60.7 Å². The number of carbonyl (C=O) groups excluding carboxylic acids is 1. The first-order valence-electron chi connectivity index (χ1n) is 13.6. The van der Waals surface area contributed by atoms with E-state index in [1.807, 2.05) is 57.2 Å². The van der Waals surface area contributed by atoms with Gasteiger partial charge in [0.25, 0.3) is 0 Å². The molecule has 1 atom stereocenters. The van der Waals surface area contributed by atoms with Crippen LogP contribution in [-0.2, 0) is 22.6 Å². The summed E-state index contributed by atoms with van der Waals surface area (Å²) in [7, 11) is 0. The number of anilines is 1. The maximum Gasteiger partial charge on any atom is 0.310 e. The number of aliphatic hydroxyl groups is 1. The number of hydrogen-bond acceptors (Lipinski definition) is 6. The number of nitrogens with two attached hydrogens (primary N) is 1. The summed E-state index contributed by atoms with van der Waals surface area (Å²) in [4.78, 5) is 12.4. The van der Waals surface area contributed by atoms with Crippen molar-refractivity contribution in [3.05, 3.63) is 83.2 Å². The van der Waals surface area contributed by atoms with Crippen LogP contribution in [0.4, 0.5) is 14.5 Å². The maximum absolute atomic E-state index is 15.4. The first-order chi connectivity index (χ1) is 19.1. The molecule has 3 rings (SSSR count). The van der Waals surface area contributed by atoms with Crippen molar-refractivity contribution in [2.45, 2.75) is 64.7 Å². The van der Waals surface area contributed by atoms with Gasteiger partial charge >= 0.3 is 5.97 Å². The molecule has 6 nitrogen and oxygen atoms in total. The number of alkyl halides is 1. The lowest BCUT2D eigenvalue weighted by Crippen LogP contribution is -2.25. The molecule has 0 aliphatic rings. The topological polar surface area (TPSA) is 93.8 Å². The van der Waals surface area contributed by atoms with Crippen LogP contribution >= 0.6 is 0 Å². The predicted molar refractivity (Wildman–Crippen MR) is 154 cm³/mol. The van der Waals surface area contributed by atoms with E-state index in [2.05, 4.69) is 5.32 Å². The van der Waals surface area contributed by atoms with Crippen molar-refractivity contribution >= 4 is 11.7 Å². The fraction of sp³-hybridized carbons (Fsp3) is 0.406. The largest absolute Gasteiger partial charge is 0.489 e. The number of rotatable bonds is 14. The molecule has 0 spiro atoms. The molecule has 0 bridgehead atoms. The quantitative estimate of drug-likeness (QED) is 0.156. The van der Waals surface area contributed by atoms with Crippen LogP contribution in [0.5, 0.6) is 5.75 Å². The minimum atomic E-state index is -1.04. The highest BCUT2D eigenvalue weighted by molar-refractivity contribution is 5.74. The van der Waals surface area contributed by atoms with Crippen molar-refractivity contribution in [2.75, 3.05) is 25.1 Å². The second-order valence-corrected chi connectivity index (χ2v) is 10.8. The molecular formula is C32H40F2N2O4. The highest BCUT2D eigenvalue weighted by atomic mass is 19.1. The van der Waals surface area contributed by atoms with Gasteiger partial charge in [0.05, 0.1) is 12.5 Å². The van der Waals surface area contributed by atoms with Crippen molar-refractivity contribution in [3.63, 3.8) is 0 Å². The summed E-state index contributed by atoms with van der Waals surface area (Å²) in [5, 5.41) is 12.4. The van der Waals surface area contributed by atoms with Gasteiger partial charge in [-0.15, -0.1) is 0 Å². The smallest absolute Gasteiger partial charge is 0.310 e. The zero-order valence-electron chi connectivity index (χ0n) is 23.5. The van der Waals surface area contributed by atoms with E-state index in [0.717, 1.165) is 30.5 Å². The van der Waals surface area contributed by atoms with Gasteiger partial charge < -0.3 is 25.6 Å². The molecule has 0 saturated heterocycles.